The largest absolute Gasteiger partial charge is 0.416 e. The van der Waals surface area contributed by atoms with Crippen LogP contribution in [0.25, 0.3) is 16.9 Å². The highest BCUT2D eigenvalue weighted by molar-refractivity contribution is 6.04. The molecule has 2 heterocycles. The molecule has 0 atom stereocenters. The molecule has 1 fully saturated rings. The molecule has 2 aromatic heterocycles. The zero-order valence-corrected chi connectivity index (χ0v) is 24.8. The summed E-state index contributed by atoms with van der Waals surface area (Å²) in [5, 5.41) is 8.25. The third kappa shape index (κ3) is 6.52. The van der Waals surface area contributed by atoms with Gasteiger partial charge in [0.25, 0.3) is 11.5 Å². The fourth-order valence-electron chi connectivity index (χ4n) is 4.94. The first-order valence-electron chi connectivity index (χ1n) is 14.2. The summed E-state index contributed by atoms with van der Waals surface area (Å²) in [5.41, 5.74) is 0.644. The number of hydrogen-bond donors (Lipinski definition) is 3. The number of alkyl halides is 3. The van der Waals surface area contributed by atoms with Crippen molar-refractivity contribution in [2.75, 3.05) is 10.6 Å². The number of anilines is 2. The monoisotopic (exact) mass is 620 g/mol. The number of carbonyl (C=O) groups is 3. The number of aryl methyl sites for hydroxylation is 2. The van der Waals surface area contributed by atoms with Crippen molar-refractivity contribution >= 4 is 34.9 Å². The van der Waals surface area contributed by atoms with Crippen molar-refractivity contribution in [1.82, 2.24) is 19.3 Å². The third-order valence-electron chi connectivity index (χ3n) is 7.70. The maximum atomic E-state index is 14.0. The molecule has 5 rings (SSSR count). The molecule has 45 heavy (non-hydrogen) atoms. The molecule has 3 N–H and O–H groups in total. The summed E-state index contributed by atoms with van der Waals surface area (Å²) in [5.74, 6) is -1.18. The van der Waals surface area contributed by atoms with Gasteiger partial charge >= 0.3 is 6.18 Å². The smallest absolute Gasteiger partial charge is 0.347 e. The normalized spacial score (nSPS) is 13.7. The van der Waals surface area contributed by atoms with Gasteiger partial charge in [0.2, 0.25) is 17.6 Å². The van der Waals surface area contributed by atoms with Crippen LogP contribution in [-0.2, 0) is 28.7 Å². The zero-order chi connectivity index (χ0) is 32.7. The predicted octanol–water partition coefficient (Wildman–Crippen LogP) is 5.10. The summed E-state index contributed by atoms with van der Waals surface area (Å²) in [6, 6.07) is 8.75. The lowest BCUT2D eigenvalue weighted by Crippen LogP contribution is -2.34. The molecular formula is C32H31F3N6O4. The number of aromatic nitrogens is 3. The van der Waals surface area contributed by atoms with E-state index in [0.29, 0.717) is 28.9 Å². The van der Waals surface area contributed by atoms with Gasteiger partial charge in [-0.05, 0) is 75.6 Å². The van der Waals surface area contributed by atoms with Crippen molar-refractivity contribution in [2.45, 2.75) is 58.3 Å². The standard InChI is InChI=1S/C32H31F3N6O4/c1-5-23-27(22-12-7-19(15-24(22)37-25(42)6-2)28(44)39-31(4)13-14-31)29(45)41-16-18(3)40(30(41)38-23)17-26(43)36-21-10-8-20(9-11-21)32(33,34)35/h6-12,15-16H,2,5,13-14,17H2,1,3-4H3,(H,36,43)(H,37,42)(H,39,44). The van der Waals surface area contributed by atoms with Crippen LogP contribution < -0.4 is 21.5 Å². The molecule has 0 radical (unpaired) electrons. The van der Waals surface area contributed by atoms with Crippen molar-refractivity contribution < 1.29 is 27.6 Å². The number of nitrogens with one attached hydrogen (secondary N) is 3. The van der Waals surface area contributed by atoms with Gasteiger partial charge in [-0.2, -0.15) is 13.2 Å². The first-order chi connectivity index (χ1) is 21.2. The third-order valence-corrected chi connectivity index (χ3v) is 7.70. The van der Waals surface area contributed by atoms with Crippen LogP contribution in [0.4, 0.5) is 24.5 Å². The van der Waals surface area contributed by atoms with Gasteiger partial charge in [0.05, 0.1) is 16.8 Å². The molecular weight excluding hydrogens is 589 g/mol. The van der Waals surface area contributed by atoms with Gasteiger partial charge in [-0.1, -0.05) is 19.6 Å². The van der Waals surface area contributed by atoms with E-state index in [0.717, 1.165) is 43.2 Å². The quantitative estimate of drug-likeness (QED) is 0.225. The highest BCUT2D eigenvalue weighted by Crippen LogP contribution is 2.35. The Morgan fingerprint density at radius 3 is 2.38 bits per heavy atom. The van der Waals surface area contributed by atoms with Crippen molar-refractivity contribution in [3.63, 3.8) is 0 Å². The highest BCUT2D eigenvalue weighted by atomic mass is 19.4. The van der Waals surface area contributed by atoms with Crippen LogP contribution in [0.2, 0.25) is 0 Å². The minimum absolute atomic E-state index is 0.182. The molecule has 0 unspecified atom stereocenters. The minimum Gasteiger partial charge on any atom is -0.347 e. The second kappa shape index (κ2) is 11.7. The Morgan fingerprint density at radius 1 is 1.09 bits per heavy atom. The Kier molecular flexibility index (Phi) is 8.13. The minimum atomic E-state index is -4.50. The molecule has 0 spiro atoms. The molecule has 4 aromatic rings. The Morgan fingerprint density at radius 2 is 1.78 bits per heavy atom. The molecule has 0 saturated heterocycles. The van der Waals surface area contributed by atoms with Crippen LogP contribution in [0.15, 0.2) is 66.1 Å². The fourth-order valence-corrected chi connectivity index (χ4v) is 4.94. The SMILES string of the molecule is C=CC(=O)Nc1cc(C(=O)NC2(C)CC2)ccc1-c1c(CC)nc2n(CC(=O)Nc3ccc(C(F)(F)F)cc3)c(C)cn2c1=O. The topological polar surface area (TPSA) is 127 Å². The van der Waals surface area contributed by atoms with E-state index >= 15 is 0 Å². The van der Waals surface area contributed by atoms with Gasteiger partial charge in [0.1, 0.15) is 6.54 Å². The van der Waals surface area contributed by atoms with Gasteiger partial charge in [-0.25, -0.2) is 4.98 Å². The second-order valence-electron chi connectivity index (χ2n) is 11.2. The Hall–Kier alpha value is -5.20. The second-order valence-corrected chi connectivity index (χ2v) is 11.2. The van der Waals surface area contributed by atoms with Gasteiger partial charge < -0.3 is 20.5 Å². The summed E-state index contributed by atoms with van der Waals surface area (Å²) in [6.07, 6.45) is 0.166. The number of rotatable bonds is 9. The lowest BCUT2D eigenvalue weighted by molar-refractivity contribution is -0.137. The molecule has 13 heteroatoms. The Bertz CT molecular complexity index is 1900. The van der Waals surface area contributed by atoms with Crippen molar-refractivity contribution in [2.24, 2.45) is 0 Å². The summed E-state index contributed by atoms with van der Waals surface area (Å²) >= 11 is 0. The van der Waals surface area contributed by atoms with Gasteiger partial charge in [-0.15, -0.1) is 0 Å². The predicted molar refractivity (Wildman–Crippen MR) is 163 cm³/mol. The molecule has 10 nitrogen and oxygen atoms in total. The van der Waals surface area contributed by atoms with Crippen molar-refractivity contribution in [3.8, 4) is 11.1 Å². The van der Waals surface area contributed by atoms with Crippen LogP contribution in [-0.4, -0.2) is 37.2 Å². The van der Waals surface area contributed by atoms with Crippen LogP contribution in [0.1, 0.15) is 54.0 Å². The van der Waals surface area contributed by atoms with E-state index in [2.05, 4.69) is 22.5 Å². The molecule has 2 aromatic carbocycles. The molecule has 1 aliphatic carbocycles. The first kappa shape index (κ1) is 31.2. The average Bonchev–Trinajstić information content (AvgIpc) is 3.63. The number of hydrogen-bond acceptors (Lipinski definition) is 5. The number of carbonyl (C=O) groups excluding carboxylic acids is 3. The molecule has 234 valence electrons. The van der Waals surface area contributed by atoms with E-state index in [1.807, 2.05) is 6.92 Å². The Labute approximate surface area is 256 Å². The lowest BCUT2D eigenvalue weighted by atomic mass is 9.99. The van der Waals surface area contributed by atoms with E-state index in [4.69, 9.17) is 4.98 Å². The molecule has 1 saturated carbocycles. The maximum Gasteiger partial charge on any atom is 0.416 e. The van der Waals surface area contributed by atoms with E-state index in [9.17, 15) is 32.3 Å². The maximum absolute atomic E-state index is 14.0. The van der Waals surface area contributed by atoms with Crippen LogP contribution in [0.5, 0.6) is 0 Å². The van der Waals surface area contributed by atoms with Crippen LogP contribution in [0.3, 0.4) is 0 Å². The highest BCUT2D eigenvalue weighted by Gasteiger charge is 2.39. The molecule has 1 aliphatic rings. The van der Waals surface area contributed by atoms with Gasteiger partial charge in [-0.3, -0.25) is 23.6 Å². The van der Waals surface area contributed by atoms with E-state index in [-0.39, 0.29) is 40.7 Å². The summed E-state index contributed by atoms with van der Waals surface area (Å²) in [4.78, 5) is 56.9. The average molecular weight is 621 g/mol. The van der Waals surface area contributed by atoms with Gasteiger partial charge in [0, 0.05) is 39.9 Å². The zero-order valence-electron chi connectivity index (χ0n) is 24.8. The number of nitrogens with zero attached hydrogens (tertiary/aromatic N) is 3. The van der Waals surface area contributed by atoms with E-state index in [1.54, 1.807) is 26.0 Å². The first-order valence-corrected chi connectivity index (χ1v) is 14.2. The van der Waals surface area contributed by atoms with E-state index < -0.39 is 29.1 Å². The summed E-state index contributed by atoms with van der Waals surface area (Å²) < 4.78 is 41.5. The number of imidazole rings is 1. The summed E-state index contributed by atoms with van der Waals surface area (Å²) in [7, 11) is 0. The molecule has 0 aliphatic heterocycles. The summed E-state index contributed by atoms with van der Waals surface area (Å²) in [6.45, 7) is 8.67. The van der Waals surface area contributed by atoms with Crippen LogP contribution in [0, 0.1) is 6.92 Å². The van der Waals surface area contributed by atoms with E-state index in [1.165, 1.54) is 21.2 Å². The van der Waals surface area contributed by atoms with Gasteiger partial charge in [0.15, 0.2) is 0 Å². The number of benzene rings is 2. The number of amides is 3. The lowest BCUT2D eigenvalue weighted by Gasteiger charge is -2.16. The Balaban J connectivity index is 1.51. The number of halogens is 3. The van der Waals surface area contributed by atoms with Crippen molar-refractivity contribution in [3.05, 3.63) is 94.2 Å². The van der Waals surface area contributed by atoms with Crippen LogP contribution >= 0.6 is 0 Å². The number of fused-ring (bicyclic) bond motifs is 1. The fraction of sp³-hybridized carbons (Fsp3) is 0.281. The molecule has 3 amide bonds. The molecule has 0 bridgehead atoms. The van der Waals surface area contributed by atoms with Crippen molar-refractivity contribution in [1.29, 1.82) is 0 Å².